The van der Waals surface area contributed by atoms with Crippen molar-refractivity contribution in [3.8, 4) is 5.75 Å². The zero-order valence-corrected chi connectivity index (χ0v) is 18.6. The number of fused-ring (bicyclic) bond motifs is 1. The van der Waals surface area contributed by atoms with E-state index in [1.807, 2.05) is 18.2 Å². The van der Waals surface area contributed by atoms with E-state index in [0.29, 0.717) is 5.75 Å². The summed E-state index contributed by atoms with van der Waals surface area (Å²) in [5.41, 5.74) is 7.19. The lowest BCUT2D eigenvalue weighted by Crippen LogP contribution is -2.45. The van der Waals surface area contributed by atoms with Gasteiger partial charge in [0.05, 0.1) is 6.04 Å². The van der Waals surface area contributed by atoms with Crippen LogP contribution in [0, 0.1) is 0 Å². The van der Waals surface area contributed by atoms with Crippen LogP contribution in [0.4, 0.5) is 0 Å². The van der Waals surface area contributed by atoms with Crippen molar-refractivity contribution < 1.29 is 5.11 Å². The molecular formula is C29H33NO. The predicted octanol–water partition coefficient (Wildman–Crippen LogP) is 7.03. The smallest absolute Gasteiger partial charge is 0.115 e. The zero-order chi connectivity index (χ0) is 22.0. The van der Waals surface area contributed by atoms with Gasteiger partial charge >= 0.3 is 0 Å². The summed E-state index contributed by atoms with van der Waals surface area (Å²) < 4.78 is 0. The van der Waals surface area contributed by atoms with Gasteiger partial charge < -0.3 is 10.0 Å². The average Bonchev–Trinajstić information content (AvgIpc) is 3.54. The first kappa shape index (κ1) is 21.2. The van der Waals surface area contributed by atoms with E-state index in [4.69, 9.17) is 0 Å². The molecule has 160 valence electrons. The normalized spacial score (nSPS) is 19.1. The number of phenols is 1. The molecule has 2 aromatic rings. The Hall–Kier alpha value is -3.00. The highest BCUT2D eigenvalue weighted by atomic mass is 16.3. The van der Waals surface area contributed by atoms with Crippen molar-refractivity contribution in [3.63, 3.8) is 0 Å². The summed E-state index contributed by atoms with van der Waals surface area (Å²) in [6.45, 7) is 14.6. The largest absolute Gasteiger partial charge is 0.508 e. The van der Waals surface area contributed by atoms with Crippen molar-refractivity contribution in [2.24, 2.45) is 0 Å². The molecule has 1 aliphatic heterocycles. The summed E-state index contributed by atoms with van der Waals surface area (Å²) in [4.78, 5) is 2.52. The van der Waals surface area contributed by atoms with Gasteiger partial charge in [-0.1, -0.05) is 81.6 Å². The van der Waals surface area contributed by atoms with Gasteiger partial charge in [0, 0.05) is 11.2 Å². The molecule has 0 bridgehead atoms. The van der Waals surface area contributed by atoms with Crippen LogP contribution in [0.15, 0.2) is 91.7 Å². The molecule has 1 unspecified atom stereocenters. The number of allylic oxidation sites excluding steroid dienone is 3. The van der Waals surface area contributed by atoms with Crippen LogP contribution in [0.2, 0.25) is 0 Å². The topological polar surface area (TPSA) is 23.5 Å². The summed E-state index contributed by atoms with van der Waals surface area (Å²) in [5.74, 6) is 0.342. The third-order valence-electron chi connectivity index (χ3n) is 6.79. The van der Waals surface area contributed by atoms with Crippen LogP contribution in [0.5, 0.6) is 5.75 Å². The van der Waals surface area contributed by atoms with Gasteiger partial charge in [0.15, 0.2) is 0 Å². The lowest BCUT2D eigenvalue weighted by Gasteiger charge is -2.47. The van der Waals surface area contributed by atoms with Crippen LogP contribution in [0.1, 0.15) is 60.9 Å². The number of aryl methyl sites for hydroxylation is 1. The van der Waals surface area contributed by atoms with Crippen LogP contribution in [-0.2, 0) is 12.8 Å². The summed E-state index contributed by atoms with van der Waals surface area (Å²) in [6.07, 6.45) is 12.4. The molecule has 2 aromatic carbocycles. The molecule has 1 aliphatic carbocycles. The van der Waals surface area contributed by atoms with Crippen molar-refractivity contribution >= 4 is 0 Å². The van der Waals surface area contributed by atoms with Gasteiger partial charge in [-0.3, -0.25) is 0 Å². The Labute approximate surface area is 186 Å². The number of benzene rings is 2. The van der Waals surface area contributed by atoms with Crippen molar-refractivity contribution in [1.29, 1.82) is 0 Å². The number of phenolic OH excluding ortho intramolecular Hbond substituents is 1. The van der Waals surface area contributed by atoms with Gasteiger partial charge in [-0.2, -0.15) is 0 Å². The van der Waals surface area contributed by atoms with E-state index in [-0.39, 0.29) is 11.6 Å². The van der Waals surface area contributed by atoms with E-state index in [2.05, 4.69) is 61.9 Å². The third-order valence-corrected chi connectivity index (χ3v) is 6.79. The van der Waals surface area contributed by atoms with Crippen molar-refractivity contribution in [2.75, 3.05) is 0 Å². The summed E-state index contributed by atoms with van der Waals surface area (Å²) >= 11 is 0. The maximum Gasteiger partial charge on any atom is 0.115 e. The Morgan fingerprint density at radius 3 is 2.52 bits per heavy atom. The lowest BCUT2D eigenvalue weighted by atomic mass is 9.82. The molecule has 4 rings (SSSR count). The van der Waals surface area contributed by atoms with Crippen LogP contribution in [-0.4, -0.2) is 15.5 Å². The molecule has 1 fully saturated rings. The van der Waals surface area contributed by atoms with Gasteiger partial charge in [-0.15, -0.1) is 0 Å². The van der Waals surface area contributed by atoms with Gasteiger partial charge in [0.1, 0.15) is 5.75 Å². The van der Waals surface area contributed by atoms with Crippen LogP contribution < -0.4 is 0 Å². The number of rotatable bonds is 8. The maximum absolute atomic E-state index is 10.2. The number of hydrogen-bond acceptors (Lipinski definition) is 2. The van der Waals surface area contributed by atoms with Gasteiger partial charge in [0.2, 0.25) is 0 Å². The Bertz CT molecular complexity index is 1020. The summed E-state index contributed by atoms with van der Waals surface area (Å²) in [7, 11) is 0. The molecule has 0 saturated heterocycles. The Morgan fingerprint density at radius 2 is 1.90 bits per heavy atom. The molecule has 1 heterocycles. The number of aromatic hydroxyl groups is 1. The summed E-state index contributed by atoms with van der Waals surface area (Å²) in [5, 5.41) is 10.2. The first-order valence-corrected chi connectivity index (χ1v) is 11.4. The van der Waals surface area contributed by atoms with E-state index >= 15 is 0 Å². The number of hydrogen-bond donors (Lipinski definition) is 1. The number of unbranched alkanes of at least 4 members (excludes halogenated alkanes) is 1. The fourth-order valence-electron chi connectivity index (χ4n) is 4.99. The molecule has 1 saturated carbocycles. The van der Waals surface area contributed by atoms with Crippen LogP contribution in [0.25, 0.3) is 0 Å². The molecule has 2 aliphatic rings. The minimum Gasteiger partial charge on any atom is -0.508 e. The molecule has 1 spiro atoms. The Kier molecular flexibility index (Phi) is 5.91. The Balaban J connectivity index is 1.82. The minimum atomic E-state index is 0.0483. The molecule has 2 nitrogen and oxygen atoms in total. The molecule has 0 radical (unpaired) electrons. The maximum atomic E-state index is 10.2. The van der Waals surface area contributed by atoms with E-state index in [1.165, 1.54) is 35.1 Å². The average molecular weight is 412 g/mol. The molecule has 31 heavy (non-hydrogen) atoms. The lowest BCUT2D eigenvalue weighted by molar-refractivity contribution is 0.175. The fourth-order valence-corrected chi connectivity index (χ4v) is 4.99. The van der Waals surface area contributed by atoms with Crippen molar-refractivity contribution in [2.45, 2.75) is 57.0 Å². The highest BCUT2D eigenvalue weighted by Crippen LogP contribution is 2.56. The predicted molar refractivity (Wildman–Crippen MR) is 130 cm³/mol. The molecule has 1 atom stereocenters. The minimum absolute atomic E-state index is 0.0483. The highest BCUT2D eigenvalue weighted by Gasteiger charge is 2.54. The molecule has 2 heteroatoms. The van der Waals surface area contributed by atoms with Crippen molar-refractivity contribution in [1.82, 2.24) is 4.90 Å². The van der Waals surface area contributed by atoms with Crippen molar-refractivity contribution in [3.05, 3.63) is 114 Å². The first-order valence-electron chi connectivity index (χ1n) is 11.4. The first-order chi connectivity index (χ1) is 15.0. The molecule has 1 N–H and O–H groups in total. The second-order valence-electron chi connectivity index (χ2n) is 8.91. The van der Waals surface area contributed by atoms with E-state index in [0.717, 1.165) is 37.0 Å². The van der Waals surface area contributed by atoms with Gasteiger partial charge in [-0.05, 0) is 72.1 Å². The van der Waals surface area contributed by atoms with E-state index in [9.17, 15) is 5.11 Å². The fraction of sp³-hybridized carbons (Fsp3) is 0.310. The van der Waals surface area contributed by atoms with E-state index < -0.39 is 0 Å². The number of nitrogens with zero attached hydrogens (tertiary/aromatic N) is 1. The zero-order valence-electron chi connectivity index (χ0n) is 18.6. The van der Waals surface area contributed by atoms with Crippen LogP contribution >= 0.6 is 0 Å². The highest BCUT2D eigenvalue weighted by molar-refractivity contribution is 5.51. The third kappa shape index (κ3) is 3.99. The van der Waals surface area contributed by atoms with Crippen LogP contribution in [0.3, 0.4) is 0 Å². The molecular weight excluding hydrogens is 378 g/mol. The van der Waals surface area contributed by atoms with E-state index in [1.54, 1.807) is 12.1 Å². The quantitative estimate of drug-likeness (QED) is 0.472. The second-order valence-corrected chi connectivity index (χ2v) is 8.91. The molecule has 0 aromatic heterocycles. The van der Waals surface area contributed by atoms with Gasteiger partial charge in [0.25, 0.3) is 0 Å². The second kappa shape index (κ2) is 8.63. The van der Waals surface area contributed by atoms with Gasteiger partial charge in [-0.25, -0.2) is 0 Å². The molecule has 0 amide bonds. The SMILES string of the molecule is C=C/C=C(\C=C)C(=C)N1C(c2ccc(CCCC)cc2)c2ccc(O)cc2CC12CC2. The summed E-state index contributed by atoms with van der Waals surface area (Å²) in [6, 6.07) is 15.0. The Morgan fingerprint density at radius 1 is 1.16 bits per heavy atom. The standard InChI is InChI=1S/C29H33NO/c1-5-8-10-22-11-13-24(14-12-22)28-27-16-15-26(31)19-25(27)20-29(17-18-29)30(28)21(4)23(7-3)9-6-2/h6-7,9,11-16,19,28,31H,2-5,8,10,17-18,20H2,1H3/b23-9+. The monoisotopic (exact) mass is 411 g/mol.